The van der Waals surface area contributed by atoms with Crippen molar-refractivity contribution in [3.05, 3.63) is 57.3 Å². The quantitative estimate of drug-likeness (QED) is 0.430. The number of hydrogen-bond donors (Lipinski definition) is 0. The lowest BCUT2D eigenvalue weighted by Gasteiger charge is -2.06. The highest BCUT2D eigenvalue weighted by Gasteiger charge is 2.10. The van der Waals surface area contributed by atoms with Gasteiger partial charge >= 0.3 is 0 Å². The minimum absolute atomic E-state index is 0.244. The summed E-state index contributed by atoms with van der Waals surface area (Å²) in [5.74, 6) is 0.470. The molecule has 3 aromatic rings. The Morgan fingerprint density at radius 2 is 2.04 bits per heavy atom. The van der Waals surface area contributed by atoms with Crippen LogP contribution in [0.4, 0.5) is 0 Å². The van der Waals surface area contributed by atoms with Gasteiger partial charge < -0.3 is 9.30 Å². The van der Waals surface area contributed by atoms with E-state index in [1.165, 1.54) is 11.3 Å². The predicted molar refractivity (Wildman–Crippen MR) is 115 cm³/mol. The van der Waals surface area contributed by atoms with E-state index in [-0.39, 0.29) is 5.91 Å². The number of ether oxygens (including phenoxy) is 1. The molecule has 0 saturated heterocycles. The van der Waals surface area contributed by atoms with Crippen LogP contribution >= 0.6 is 27.3 Å². The molecule has 0 spiro atoms. The zero-order valence-corrected chi connectivity index (χ0v) is 18.0. The number of halogens is 1. The summed E-state index contributed by atoms with van der Waals surface area (Å²) >= 11 is 5.05. The van der Waals surface area contributed by atoms with Crippen molar-refractivity contribution in [2.75, 3.05) is 6.61 Å². The van der Waals surface area contributed by atoms with E-state index in [2.05, 4.69) is 51.5 Å². The largest absolute Gasteiger partial charge is 0.494 e. The van der Waals surface area contributed by atoms with Gasteiger partial charge in [-0.25, -0.2) is 0 Å². The Hall–Kier alpha value is -1.92. The van der Waals surface area contributed by atoms with E-state index in [4.69, 9.17) is 4.74 Å². The van der Waals surface area contributed by atoms with Crippen LogP contribution < -0.4 is 9.54 Å². The second kappa shape index (κ2) is 9.33. The highest BCUT2D eigenvalue weighted by atomic mass is 79.9. The minimum Gasteiger partial charge on any atom is -0.494 e. The van der Waals surface area contributed by atoms with Crippen LogP contribution in [0.25, 0.3) is 10.2 Å². The fourth-order valence-electron chi connectivity index (χ4n) is 2.78. The van der Waals surface area contributed by atoms with E-state index in [1.807, 2.05) is 18.2 Å². The van der Waals surface area contributed by atoms with Crippen molar-refractivity contribution in [1.29, 1.82) is 0 Å². The molecule has 0 aliphatic heterocycles. The summed E-state index contributed by atoms with van der Waals surface area (Å²) in [4.78, 5) is 17.9. The molecule has 1 heterocycles. The Labute approximate surface area is 171 Å². The lowest BCUT2D eigenvalue weighted by Crippen LogP contribution is -2.16. The van der Waals surface area contributed by atoms with Crippen molar-refractivity contribution in [1.82, 2.24) is 4.57 Å². The smallest absolute Gasteiger partial charge is 0.279 e. The summed E-state index contributed by atoms with van der Waals surface area (Å²) in [5, 5.41) is 0. The Morgan fingerprint density at radius 3 is 2.81 bits per heavy atom. The third-order valence-electron chi connectivity index (χ3n) is 4.14. The highest BCUT2D eigenvalue weighted by molar-refractivity contribution is 9.10. The van der Waals surface area contributed by atoms with E-state index in [9.17, 15) is 4.79 Å². The molecule has 0 bridgehead atoms. The standard InChI is InChI=1S/C21H23BrN2O2S/c1-3-5-12-26-17-8-6-7-15(13-17)20(25)23-21-24(11-4-2)18-10-9-16(22)14-19(18)27-21/h6-10,13-14H,3-5,11-12H2,1-2H3. The number of hydrogen-bond acceptors (Lipinski definition) is 3. The molecule has 3 rings (SSSR count). The van der Waals surface area contributed by atoms with E-state index in [0.29, 0.717) is 17.9 Å². The summed E-state index contributed by atoms with van der Waals surface area (Å²) in [6.45, 7) is 5.73. The molecular formula is C21H23BrN2O2S. The molecule has 0 aliphatic carbocycles. The molecule has 142 valence electrons. The SMILES string of the molecule is CCCCOc1cccc(C(=O)N=c2sc3cc(Br)ccc3n2CCC)c1. The van der Waals surface area contributed by atoms with Crippen LogP contribution in [0.2, 0.25) is 0 Å². The maximum absolute atomic E-state index is 12.8. The van der Waals surface area contributed by atoms with Crippen molar-refractivity contribution in [2.45, 2.75) is 39.7 Å². The monoisotopic (exact) mass is 446 g/mol. The summed E-state index contributed by atoms with van der Waals surface area (Å²) in [6.07, 6.45) is 3.05. The number of rotatable bonds is 7. The third-order valence-corrected chi connectivity index (χ3v) is 5.67. The zero-order chi connectivity index (χ0) is 19.2. The van der Waals surface area contributed by atoms with Crippen LogP contribution in [0, 0.1) is 0 Å². The van der Waals surface area contributed by atoms with Gasteiger partial charge in [-0.3, -0.25) is 4.79 Å². The molecule has 0 radical (unpaired) electrons. The number of unbranched alkanes of at least 4 members (excludes halogenated alkanes) is 1. The van der Waals surface area contributed by atoms with Gasteiger partial charge in [0, 0.05) is 16.6 Å². The van der Waals surface area contributed by atoms with Crippen LogP contribution in [0.1, 0.15) is 43.5 Å². The van der Waals surface area contributed by atoms with E-state index in [1.54, 1.807) is 12.1 Å². The van der Waals surface area contributed by atoms with Gasteiger partial charge in [-0.2, -0.15) is 4.99 Å². The van der Waals surface area contributed by atoms with Crippen molar-refractivity contribution in [3.63, 3.8) is 0 Å². The number of aryl methyl sites for hydroxylation is 1. The number of aromatic nitrogens is 1. The van der Waals surface area contributed by atoms with Crippen LogP contribution in [0.3, 0.4) is 0 Å². The van der Waals surface area contributed by atoms with Gasteiger partial charge in [0.2, 0.25) is 0 Å². The molecular weight excluding hydrogens is 424 g/mol. The molecule has 0 N–H and O–H groups in total. The topological polar surface area (TPSA) is 43.6 Å². The first-order chi connectivity index (χ1) is 13.1. The van der Waals surface area contributed by atoms with Crippen LogP contribution in [0.15, 0.2) is 51.9 Å². The highest BCUT2D eigenvalue weighted by Crippen LogP contribution is 2.22. The molecule has 0 saturated carbocycles. The molecule has 0 unspecified atom stereocenters. The summed E-state index contributed by atoms with van der Waals surface area (Å²) in [7, 11) is 0. The maximum atomic E-state index is 12.8. The normalized spacial score (nSPS) is 11.9. The van der Waals surface area contributed by atoms with Gasteiger partial charge in [-0.15, -0.1) is 0 Å². The fourth-order valence-corrected chi connectivity index (χ4v) is 4.38. The average Bonchev–Trinajstić information content (AvgIpc) is 2.99. The van der Waals surface area contributed by atoms with Crippen LogP contribution in [-0.4, -0.2) is 17.1 Å². The van der Waals surface area contributed by atoms with Crippen molar-refractivity contribution >= 4 is 43.4 Å². The molecule has 0 atom stereocenters. The lowest BCUT2D eigenvalue weighted by atomic mass is 10.2. The zero-order valence-electron chi connectivity index (χ0n) is 15.6. The van der Waals surface area contributed by atoms with E-state index in [0.717, 1.165) is 45.3 Å². The Kier molecular flexibility index (Phi) is 6.85. The number of carbonyl (C=O) groups is 1. The minimum atomic E-state index is -0.244. The van der Waals surface area contributed by atoms with Crippen molar-refractivity contribution in [3.8, 4) is 5.75 Å². The Balaban J connectivity index is 1.95. The van der Waals surface area contributed by atoms with Gasteiger partial charge in [0.1, 0.15) is 5.75 Å². The van der Waals surface area contributed by atoms with Gasteiger partial charge in [0.15, 0.2) is 4.80 Å². The van der Waals surface area contributed by atoms with E-state index < -0.39 is 0 Å². The molecule has 6 heteroatoms. The number of amides is 1. The number of thiazole rings is 1. The number of benzene rings is 2. The predicted octanol–water partition coefficient (Wildman–Crippen LogP) is 5.80. The second-order valence-corrected chi connectivity index (χ2v) is 8.22. The molecule has 0 aliphatic rings. The molecule has 0 fully saturated rings. The summed E-state index contributed by atoms with van der Waals surface area (Å²) in [6, 6.07) is 13.4. The summed E-state index contributed by atoms with van der Waals surface area (Å²) < 4.78 is 9.96. The van der Waals surface area contributed by atoms with Crippen LogP contribution in [0.5, 0.6) is 5.75 Å². The molecule has 1 amide bonds. The molecule has 1 aromatic heterocycles. The molecule has 4 nitrogen and oxygen atoms in total. The first kappa shape index (κ1) is 19.8. The van der Waals surface area contributed by atoms with Gasteiger partial charge in [0.25, 0.3) is 5.91 Å². The first-order valence-electron chi connectivity index (χ1n) is 9.23. The molecule has 2 aromatic carbocycles. The van der Waals surface area contributed by atoms with Crippen molar-refractivity contribution in [2.24, 2.45) is 4.99 Å². The first-order valence-corrected chi connectivity index (χ1v) is 10.8. The Morgan fingerprint density at radius 1 is 1.19 bits per heavy atom. The number of carbonyl (C=O) groups excluding carboxylic acids is 1. The second-order valence-electron chi connectivity index (χ2n) is 6.30. The van der Waals surface area contributed by atoms with Gasteiger partial charge in [0.05, 0.1) is 16.8 Å². The maximum Gasteiger partial charge on any atom is 0.279 e. The average molecular weight is 447 g/mol. The fraction of sp³-hybridized carbons (Fsp3) is 0.333. The van der Waals surface area contributed by atoms with Gasteiger partial charge in [-0.1, -0.05) is 53.6 Å². The third kappa shape index (κ3) is 4.87. The van der Waals surface area contributed by atoms with Crippen LogP contribution in [-0.2, 0) is 6.54 Å². The Bertz CT molecular complexity index is 1010. The number of nitrogens with zero attached hydrogens (tertiary/aromatic N) is 2. The lowest BCUT2D eigenvalue weighted by molar-refractivity contribution is 0.0997. The van der Waals surface area contributed by atoms with Gasteiger partial charge in [-0.05, 0) is 49.2 Å². The summed E-state index contributed by atoms with van der Waals surface area (Å²) in [5.41, 5.74) is 1.65. The number of fused-ring (bicyclic) bond motifs is 1. The molecule has 27 heavy (non-hydrogen) atoms. The van der Waals surface area contributed by atoms with E-state index >= 15 is 0 Å². The van der Waals surface area contributed by atoms with Crippen molar-refractivity contribution < 1.29 is 9.53 Å².